The minimum Gasteiger partial charge on any atom is -0.388 e. The maximum atomic E-state index is 10.1. The Morgan fingerprint density at radius 1 is 1.14 bits per heavy atom. The first kappa shape index (κ1) is 8.25. The first-order valence-electron chi connectivity index (χ1n) is 5.27. The lowest BCUT2D eigenvalue weighted by Gasteiger charge is -2.12. The summed E-state index contributed by atoms with van der Waals surface area (Å²) >= 11 is 0. The van der Waals surface area contributed by atoms with Gasteiger partial charge in [0, 0.05) is 5.92 Å². The second-order valence-corrected chi connectivity index (χ2v) is 4.31. The molecule has 0 amide bonds. The van der Waals surface area contributed by atoms with Crippen LogP contribution in [0.25, 0.3) is 0 Å². The van der Waals surface area contributed by atoms with Gasteiger partial charge >= 0.3 is 0 Å². The lowest BCUT2D eigenvalue weighted by atomic mass is 9.91. The Morgan fingerprint density at radius 2 is 2.07 bits per heavy atom. The monoisotopic (exact) mass is 186 g/mol. The summed E-state index contributed by atoms with van der Waals surface area (Å²) in [5.41, 5.74) is 1.20. The summed E-state index contributed by atoms with van der Waals surface area (Å²) in [7, 11) is 0. The normalized spacial score (nSPS) is 43.4. The smallest absolute Gasteiger partial charge is 0.0796 e. The lowest BCUT2D eigenvalue weighted by molar-refractivity contribution is 0.156. The molecule has 1 fully saturated rings. The molecule has 4 atom stereocenters. The Morgan fingerprint density at radius 3 is 3.00 bits per heavy atom. The Kier molecular flexibility index (Phi) is 1.74. The number of hydrogen-bond acceptors (Lipinski definition) is 1. The zero-order valence-corrected chi connectivity index (χ0v) is 8.01. The highest BCUT2D eigenvalue weighted by Crippen LogP contribution is 2.48. The third kappa shape index (κ3) is 0.992. The van der Waals surface area contributed by atoms with E-state index in [9.17, 15) is 5.11 Å². The van der Waals surface area contributed by atoms with Crippen LogP contribution in [-0.2, 0) is 0 Å². The van der Waals surface area contributed by atoms with Crippen LogP contribution in [0.3, 0.4) is 0 Å². The second kappa shape index (κ2) is 2.96. The molecule has 0 aromatic carbocycles. The van der Waals surface area contributed by atoms with E-state index in [2.05, 4.69) is 30.4 Å². The fourth-order valence-electron chi connectivity index (χ4n) is 2.95. The lowest BCUT2D eigenvalue weighted by Crippen LogP contribution is -2.15. The van der Waals surface area contributed by atoms with E-state index in [0.29, 0.717) is 17.8 Å². The van der Waals surface area contributed by atoms with Crippen LogP contribution in [0.2, 0.25) is 0 Å². The molecule has 0 unspecified atom stereocenters. The van der Waals surface area contributed by atoms with E-state index in [1.165, 1.54) is 5.57 Å². The molecule has 0 aromatic heterocycles. The highest BCUT2D eigenvalue weighted by molar-refractivity contribution is 5.37. The molecule has 72 valence electrons. The van der Waals surface area contributed by atoms with Crippen molar-refractivity contribution in [3.05, 3.63) is 48.1 Å². The average molecular weight is 186 g/mol. The predicted molar refractivity (Wildman–Crippen MR) is 56.6 cm³/mol. The molecule has 0 heterocycles. The maximum Gasteiger partial charge on any atom is 0.0796 e. The van der Waals surface area contributed by atoms with Crippen LogP contribution >= 0.6 is 0 Å². The molecular formula is C13H14O. The van der Waals surface area contributed by atoms with E-state index < -0.39 is 0 Å². The van der Waals surface area contributed by atoms with Crippen molar-refractivity contribution >= 4 is 0 Å². The summed E-state index contributed by atoms with van der Waals surface area (Å²) in [4.78, 5) is 0. The van der Waals surface area contributed by atoms with Gasteiger partial charge in [0.1, 0.15) is 0 Å². The number of rotatable bonds is 0. The predicted octanol–water partition coefficient (Wildman–Crippen LogP) is 2.22. The summed E-state index contributed by atoms with van der Waals surface area (Å²) in [6.07, 6.45) is 15.8. The van der Waals surface area contributed by atoms with Crippen LogP contribution in [0.1, 0.15) is 6.42 Å². The highest BCUT2D eigenvalue weighted by Gasteiger charge is 2.44. The van der Waals surface area contributed by atoms with Crippen molar-refractivity contribution in [2.75, 3.05) is 0 Å². The van der Waals surface area contributed by atoms with Crippen molar-refractivity contribution in [3.8, 4) is 0 Å². The van der Waals surface area contributed by atoms with Gasteiger partial charge in [0.25, 0.3) is 0 Å². The number of allylic oxidation sites excluding steroid dienone is 7. The minimum absolute atomic E-state index is 0.229. The SMILES string of the molecule is O[C@@H]1C2=CC=CC=C[C@H]2[C@@H]2C=CC[C@@H]21. The average Bonchev–Trinajstić information content (AvgIpc) is 2.65. The van der Waals surface area contributed by atoms with Gasteiger partial charge in [-0.3, -0.25) is 0 Å². The van der Waals surface area contributed by atoms with E-state index in [-0.39, 0.29) is 6.10 Å². The van der Waals surface area contributed by atoms with Crippen molar-refractivity contribution in [1.82, 2.24) is 0 Å². The van der Waals surface area contributed by atoms with Gasteiger partial charge in [-0.05, 0) is 23.8 Å². The van der Waals surface area contributed by atoms with Gasteiger partial charge in [0.2, 0.25) is 0 Å². The second-order valence-electron chi connectivity index (χ2n) is 4.31. The first-order chi connectivity index (χ1) is 6.88. The molecule has 1 saturated carbocycles. The molecule has 0 spiro atoms. The molecule has 1 nitrogen and oxygen atoms in total. The quantitative estimate of drug-likeness (QED) is 0.575. The third-order valence-electron chi connectivity index (χ3n) is 3.64. The largest absolute Gasteiger partial charge is 0.388 e. The van der Waals surface area contributed by atoms with Crippen LogP contribution in [0.15, 0.2) is 48.1 Å². The van der Waals surface area contributed by atoms with Gasteiger partial charge < -0.3 is 5.11 Å². The number of hydrogen-bond donors (Lipinski definition) is 1. The van der Waals surface area contributed by atoms with Crippen LogP contribution < -0.4 is 0 Å². The molecular weight excluding hydrogens is 172 g/mol. The maximum absolute atomic E-state index is 10.1. The number of aliphatic hydroxyl groups is 1. The summed E-state index contributed by atoms with van der Waals surface area (Å²) in [6, 6.07) is 0. The van der Waals surface area contributed by atoms with Crippen LogP contribution in [-0.4, -0.2) is 11.2 Å². The van der Waals surface area contributed by atoms with E-state index in [4.69, 9.17) is 0 Å². The summed E-state index contributed by atoms with van der Waals surface area (Å²) < 4.78 is 0. The van der Waals surface area contributed by atoms with Gasteiger partial charge in [-0.15, -0.1) is 0 Å². The molecule has 0 aromatic rings. The van der Waals surface area contributed by atoms with Crippen molar-refractivity contribution in [1.29, 1.82) is 0 Å². The number of aliphatic hydroxyl groups excluding tert-OH is 1. The molecule has 0 aliphatic heterocycles. The molecule has 0 saturated heterocycles. The molecule has 3 rings (SSSR count). The summed E-state index contributed by atoms with van der Waals surface area (Å²) in [6.45, 7) is 0. The zero-order valence-electron chi connectivity index (χ0n) is 8.01. The van der Waals surface area contributed by atoms with Gasteiger partial charge in [0.15, 0.2) is 0 Å². The van der Waals surface area contributed by atoms with Gasteiger partial charge in [-0.2, -0.15) is 0 Å². The standard InChI is InChI=1S/C13H14O/c14-13-11-6-3-1-2-5-9(11)10-7-4-8-12(10)13/h1-7,9-10,12-14H,8H2/t9-,10-,12-,13+/m0/s1. The summed E-state index contributed by atoms with van der Waals surface area (Å²) in [5.74, 6) is 1.40. The zero-order chi connectivity index (χ0) is 9.54. The van der Waals surface area contributed by atoms with E-state index >= 15 is 0 Å². The van der Waals surface area contributed by atoms with E-state index in [1.54, 1.807) is 0 Å². The van der Waals surface area contributed by atoms with Crippen molar-refractivity contribution < 1.29 is 5.11 Å². The van der Waals surface area contributed by atoms with Crippen molar-refractivity contribution in [3.63, 3.8) is 0 Å². The molecule has 1 heteroatoms. The molecule has 0 bridgehead atoms. The fourth-order valence-corrected chi connectivity index (χ4v) is 2.95. The third-order valence-corrected chi connectivity index (χ3v) is 3.64. The molecule has 1 N–H and O–H groups in total. The molecule has 3 aliphatic rings. The Hall–Kier alpha value is -1.08. The minimum atomic E-state index is -0.229. The Bertz CT molecular complexity index is 359. The Labute approximate surface area is 84.1 Å². The van der Waals surface area contributed by atoms with Gasteiger partial charge in [-0.1, -0.05) is 42.5 Å². The number of fused-ring (bicyclic) bond motifs is 3. The van der Waals surface area contributed by atoms with Crippen LogP contribution in [0.4, 0.5) is 0 Å². The van der Waals surface area contributed by atoms with Gasteiger partial charge in [0.05, 0.1) is 6.10 Å². The molecule has 14 heavy (non-hydrogen) atoms. The van der Waals surface area contributed by atoms with Crippen molar-refractivity contribution in [2.24, 2.45) is 17.8 Å². The molecule has 0 radical (unpaired) electrons. The summed E-state index contributed by atoms with van der Waals surface area (Å²) in [5, 5.41) is 10.1. The van der Waals surface area contributed by atoms with E-state index in [1.807, 2.05) is 12.2 Å². The van der Waals surface area contributed by atoms with Crippen molar-refractivity contribution in [2.45, 2.75) is 12.5 Å². The fraction of sp³-hybridized carbons (Fsp3) is 0.385. The van der Waals surface area contributed by atoms with E-state index in [0.717, 1.165) is 6.42 Å². The van der Waals surface area contributed by atoms with Crippen LogP contribution in [0.5, 0.6) is 0 Å². The highest BCUT2D eigenvalue weighted by atomic mass is 16.3. The molecule has 3 aliphatic carbocycles. The first-order valence-corrected chi connectivity index (χ1v) is 5.27. The van der Waals surface area contributed by atoms with Gasteiger partial charge in [-0.25, -0.2) is 0 Å². The Balaban J connectivity index is 2.05. The topological polar surface area (TPSA) is 20.2 Å². The van der Waals surface area contributed by atoms with Crippen LogP contribution in [0, 0.1) is 17.8 Å².